The molecule has 0 saturated heterocycles. The molecule has 0 aliphatic heterocycles. The van der Waals surface area contributed by atoms with E-state index in [4.69, 9.17) is 4.74 Å². The van der Waals surface area contributed by atoms with E-state index < -0.39 is 6.36 Å². The first-order valence-corrected chi connectivity index (χ1v) is 7.22. The lowest BCUT2D eigenvalue weighted by atomic mass is 10.1. The molecule has 24 heavy (non-hydrogen) atoms. The maximum Gasteiger partial charge on any atom is 0.573 e. The Bertz CT molecular complexity index is 885. The van der Waals surface area contributed by atoms with E-state index in [1.807, 2.05) is 0 Å². The molecule has 2 aromatic heterocycles. The molecule has 126 valence electrons. The molecule has 0 unspecified atom stereocenters. The molecule has 0 fully saturated rings. The van der Waals surface area contributed by atoms with E-state index in [2.05, 4.69) is 45.6 Å². The van der Waals surface area contributed by atoms with Gasteiger partial charge in [0.15, 0.2) is 0 Å². The van der Waals surface area contributed by atoms with Crippen LogP contribution in [0.4, 0.5) is 13.2 Å². The first-order chi connectivity index (χ1) is 11.4. The highest BCUT2D eigenvalue weighted by molar-refractivity contribution is 9.10. The molecule has 0 radical (unpaired) electrons. The highest BCUT2D eigenvalue weighted by Crippen LogP contribution is 2.32. The van der Waals surface area contributed by atoms with Crippen LogP contribution in [0.5, 0.6) is 11.6 Å². The topological polar surface area (TPSA) is 83.2 Å². The zero-order chi connectivity index (χ0) is 17.3. The quantitative estimate of drug-likeness (QED) is 0.659. The Hall–Kier alpha value is -2.43. The van der Waals surface area contributed by atoms with Gasteiger partial charge in [-0.1, -0.05) is 6.07 Å². The summed E-state index contributed by atoms with van der Waals surface area (Å²) < 4.78 is 50.6. The first-order valence-electron chi connectivity index (χ1n) is 6.43. The molecule has 0 aliphatic rings. The van der Waals surface area contributed by atoms with Crippen molar-refractivity contribution in [1.82, 2.24) is 20.3 Å². The normalized spacial score (nSPS) is 11.7. The monoisotopic (exact) mass is 404 g/mol. The van der Waals surface area contributed by atoms with Crippen LogP contribution < -0.4 is 9.47 Å². The van der Waals surface area contributed by atoms with Gasteiger partial charge in [0.1, 0.15) is 11.4 Å². The Balaban J connectivity index is 1.89. The van der Waals surface area contributed by atoms with Gasteiger partial charge in [0.2, 0.25) is 17.2 Å². The fraction of sp³-hybridized carbons (Fsp3) is 0.231. The van der Waals surface area contributed by atoms with Gasteiger partial charge in [-0.25, -0.2) is 9.61 Å². The average Bonchev–Trinajstić information content (AvgIpc) is 2.95. The van der Waals surface area contributed by atoms with Gasteiger partial charge in [-0.2, -0.15) is 4.98 Å². The molecule has 1 aromatic carbocycles. The number of aromatic nitrogens is 4. The molecule has 0 bridgehead atoms. The van der Waals surface area contributed by atoms with Gasteiger partial charge in [-0.15, -0.1) is 13.2 Å². The van der Waals surface area contributed by atoms with E-state index in [1.54, 1.807) is 0 Å². The van der Waals surface area contributed by atoms with Crippen LogP contribution in [-0.4, -0.2) is 33.8 Å². The van der Waals surface area contributed by atoms with Gasteiger partial charge in [0.25, 0.3) is 0 Å². The number of benzene rings is 1. The van der Waals surface area contributed by atoms with Crippen LogP contribution in [0, 0.1) is 0 Å². The third-order valence-corrected chi connectivity index (χ3v) is 3.56. The summed E-state index contributed by atoms with van der Waals surface area (Å²) in [5.41, 5.74) is 1.52. The summed E-state index contributed by atoms with van der Waals surface area (Å²) in [7, 11) is 1.42. The zero-order valence-electron chi connectivity index (χ0n) is 12.0. The van der Waals surface area contributed by atoms with Crippen LogP contribution >= 0.6 is 15.9 Å². The standard InChI is InChI=1S/C13H8BrF3N4O3/c1-22-12-8(18-10-11(19-12)21-24-20-10)5-6-2-3-9(7(14)4-6)23-13(15,16)17/h2-4H,5H2,1H3. The molecule has 2 heterocycles. The molecule has 0 aliphatic carbocycles. The molecule has 11 heteroatoms. The van der Waals surface area contributed by atoms with Crippen molar-refractivity contribution in [3.8, 4) is 11.6 Å². The number of fused-ring (bicyclic) bond motifs is 1. The van der Waals surface area contributed by atoms with Crippen molar-refractivity contribution in [2.45, 2.75) is 12.8 Å². The first kappa shape index (κ1) is 16.4. The Morgan fingerprint density at radius 1 is 1.17 bits per heavy atom. The summed E-state index contributed by atoms with van der Waals surface area (Å²) in [6, 6.07) is 4.19. The molecule has 0 saturated carbocycles. The fourth-order valence-electron chi connectivity index (χ4n) is 1.99. The minimum Gasteiger partial charge on any atom is -0.480 e. The van der Waals surface area contributed by atoms with Crippen LogP contribution in [0.2, 0.25) is 0 Å². The van der Waals surface area contributed by atoms with Gasteiger partial charge in [0, 0.05) is 6.42 Å². The van der Waals surface area contributed by atoms with Gasteiger partial charge >= 0.3 is 6.36 Å². The van der Waals surface area contributed by atoms with Gasteiger partial charge in [-0.05, 0) is 43.9 Å². The highest BCUT2D eigenvalue weighted by atomic mass is 79.9. The van der Waals surface area contributed by atoms with Crippen molar-refractivity contribution in [1.29, 1.82) is 0 Å². The van der Waals surface area contributed by atoms with Crippen molar-refractivity contribution >= 4 is 27.2 Å². The van der Waals surface area contributed by atoms with E-state index in [9.17, 15) is 13.2 Å². The number of rotatable bonds is 4. The fourth-order valence-corrected chi connectivity index (χ4v) is 2.50. The Labute approximate surface area is 140 Å². The lowest BCUT2D eigenvalue weighted by Crippen LogP contribution is -2.17. The van der Waals surface area contributed by atoms with Crippen LogP contribution in [0.25, 0.3) is 11.3 Å². The Morgan fingerprint density at radius 3 is 2.50 bits per heavy atom. The number of nitrogens with zero attached hydrogens (tertiary/aromatic N) is 4. The maximum atomic E-state index is 12.3. The summed E-state index contributed by atoms with van der Waals surface area (Å²) in [5, 5.41) is 7.16. The molecule has 0 atom stereocenters. The molecular weight excluding hydrogens is 397 g/mol. The summed E-state index contributed by atoms with van der Waals surface area (Å²) in [4.78, 5) is 8.33. The average molecular weight is 405 g/mol. The Morgan fingerprint density at radius 2 is 1.88 bits per heavy atom. The summed E-state index contributed by atoms with van der Waals surface area (Å²) >= 11 is 3.05. The van der Waals surface area contributed by atoms with Crippen molar-refractivity contribution < 1.29 is 27.3 Å². The lowest BCUT2D eigenvalue weighted by molar-refractivity contribution is -0.274. The van der Waals surface area contributed by atoms with Gasteiger partial charge in [0.05, 0.1) is 11.6 Å². The highest BCUT2D eigenvalue weighted by Gasteiger charge is 2.32. The molecule has 7 nitrogen and oxygen atoms in total. The second-order valence-corrected chi connectivity index (χ2v) is 5.43. The van der Waals surface area contributed by atoms with E-state index >= 15 is 0 Å². The predicted octanol–water partition coefficient (Wildman–Crippen LogP) is 3.27. The van der Waals surface area contributed by atoms with Crippen molar-refractivity contribution in [2.75, 3.05) is 7.11 Å². The minimum absolute atomic E-state index is 0.161. The van der Waals surface area contributed by atoms with Crippen molar-refractivity contribution in [3.05, 3.63) is 33.9 Å². The van der Waals surface area contributed by atoms with Gasteiger partial charge < -0.3 is 9.47 Å². The molecular formula is C13H8BrF3N4O3. The number of methoxy groups -OCH3 is 1. The van der Waals surface area contributed by atoms with Crippen LogP contribution in [0.3, 0.4) is 0 Å². The molecule has 3 aromatic rings. The summed E-state index contributed by atoms with van der Waals surface area (Å²) in [6.07, 6.45) is -4.51. The molecule has 0 amide bonds. The van der Waals surface area contributed by atoms with Crippen LogP contribution in [0.1, 0.15) is 11.3 Å². The van der Waals surface area contributed by atoms with Crippen LogP contribution in [-0.2, 0) is 6.42 Å². The second-order valence-electron chi connectivity index (χ2n) is 4.58. The largest absolute Gasteiger partial charge is 0.573 e. The number of ether oxygens (including phenoxy) is 2. The van der Waals surface area contributed by atoms with E-state index in [1.165, 1.54) is 25.3 Å². The predicted molar refractivity (Wildman–Crippen MR) is 77.6 cm³/mol. The third-order valence-electron chi connectivity index (χ3n) is 2.94. The van der Waals surface area contributed by atoms with E-state index in [-0.39, 0.29) is 33.8 Å². The zero-order valence-corrected chi connectivity index (χ0v) is 13.6. The molecule has 3 rings (SSSR count). The van der Waals surface area contributed by atoms with E-state index in [0.717, 1.165) is 0 Å². The van der Waals surface area contributed by atoms with Crippen molar-refractivity contribution in [3.63, 3.8) is 0 Å². The number of hydrogen-bond donors (Lipinski definition) is 0. The molecule has 0 N–H and O–H groups in total. The third kappa shape index (κ3) is 3.55. The number of alkyl halides is 3. The number of hydrogen-bond acceptors (Lipinski definition) is 7. The minimum atomic E-state index is -4.76. The van der Waals surface area contributed by atoms with Gasteiger partial charge in [-0.3, -0.25) is 0 Å². The van der Waals surface area contributed by atoms with Crippen LogP contribution in [0.15, 0.2) is 27.3 Å². The lowest BCUT2D eigenvalue weighted by Gasteiger charge is -2.12. The van der Waals surface area contributed by atoms with E-state index in [0.29, 0.717) is 11.3 Å². The SMILES string of the molecule is COc1nc2nonc2nc1Cc1ccc(OC(F)(F)F)c(Br)c1. The van der Waals surface area contributed by atoms with Crippen molar-refractivity contribution in [2.24, 2.45) is 0 Å². The molecule has 0 spiro atoms. The Kier molecular flexibility index (Phi) is 4.26. The smallest absolute Gasteiger partial charge is 0.480 e. The summed E-state index contributed by atoms with van der Waals surface area (Å²) in [6.45, 7) is 0. The summed E-state index contributed by atoms with van der Waals surface area (Å²) in [5.74, 6) is -0.106. The number of halogens is 4. The second kappa shape index (κ2) is 6.23. The maximum absolute atomic E-state index is 12.3.